The molecule has 0 spiro atoms. The lowest BCUT2D eigenvalue weighted by atomic mass is 9.81. The van der Waals surface area contributed by atoms with Crippen molar-refractivity contribution >= 4 is 11.6 Å². The molecule has 1 saturated carbocycles. The van der Waals surface area contributed by atoms with Crippen LogP contribution in [0.2, 0.25) is 0 Å². The number of rotatable bonds is 3. The van der Waals surface area contributed by atoms with Gasteiger partial charge in [0.1, 0.15) is 11.7 Å². The number of ether oxygens (including phenoxy) is 2. The number of Topliss-reactive ketones (excluding diaryl/α,β-unsaturated/α-hetero) is 2. The Morgan fingerprint density at radius 1 is 1.17 bits per heavy atom. The van der Waals surface area contributed by atoms with Crippen molar-refractivity contribution in [1.82, 2.24) is 0 Å². The Morgan fingerprint density at radius 3 is 2.42 bits per heavy atom. The number of carbonyl (C=O) groups excluding carboxylic acids is 2. The molecule has 0 aromatic heterocycles. The van der Waals surface area contributed by atoms with E-state index in [1.807, 2.05) is 25.1 Å². The molecule has 2 saturated heterocycles. The maximum Gasteiger partial charge on any atom is 0.154 e. The van der Waals surface area contributed by atoms with Crippen LogP contribution < -0.4 is 4.74 Å². The molecule has 3 fully saturated rings. The molecule has 1 aromatic rings. The third-order valence-electron chi connectivity index (χ3n) is 5.39. The van der Waals surface area contributed by atoms with Gasteiger partial charge in [-0.1, -0.05) is 12.0 Å². The van der Waals surface area contributed by atoms with Gasteiger partial charge >= 0.3 is 0 Å². The van der Waals surface area contributed by atoms with Gasteiger partial charge in [0.05, 0.1) is 30.7 Å². The lowest BCUT2D eigenvalue weighted by Crippen LogP contribution is -2.29. The molecule has 5 atom stereocenters. The van der Waals surface area contributed by atoms with Crippen LogP contribution in [0.4, 0.5) is 0 Å². The number of fused-ring (bicyclic) bond motifs is 5. The Hall–Kier alpha value is -2.12. The van der Waals surface area contributed by atoms with E-state index in [1.54, 1.807) is 6.92 Å². The Labute approximate surface area is 141 Å². The highest BCUT2D eigenvalue weighted by Crippen LogP contribution is 2.53. The quantitative estimate of drug-likeness (QED) is 0.633. The molecule has 2 heterocycles. The van der Waals surface area contributed by atoms with Crippen molar-refractivity contribution in [2.24, 2.45) is 11.8 Å². The molecule has 0 radical (unpaired) electrons. The van der Waals surface area contributed by atoms with E-state index in [1.165, 1.54) is 0 Å². The topological polar surface area (TPSA) is 52.6 Å². The second-order valence-electron chi connectivity index (χ2n) is 6.64. The lowest BCUT2D eigenvalue weighted by molar-refractivity contribution is -0.127. The summed E-state index contributed by atoms with van der Waals surface area (Å²) in [5, 5.41) is 0. The summed E-state index contributed by atoms with van der Waals surface area (Å²) in [7, 11) is 0. The molecule has 1 aromatic carbocycles. The van der Waals surface area contributed by atoms with Gasteiger partial charge in [-0.15, -0.1) is 5.92 Å². The van der Waals surface area contributed by atoms with E-state index in [9.17, 15) is 9.59 Å². The Kier molecular flexibility index (Phi) is 3.69. The predicted octanol–water partition coefficient (Wildman–Crippen LogP) is 2.49. The van der Waals surface area contributed by atoms with E-state index < -0.39 is 5.92 Å². The standard InChI is InChI=1S/C20H20O4/c1-3-5-11-6-7-12(15(10-11)23-4-2)16-19(21)17-13-8-9-14(24-13)18(17)20(16)22/h6-7,10,13-14,16-18H,4,8-9H2,1-2H3/t13-,14+,16?,17-,18+. The van der Waals surface area contributed by atoms with Crippen LogP contribution in [0.25, 0.3) is 0 Å². The largest absolute Gasteiger partial charge is 0.494 e. The Balaban J connectivity index is 1.74. The molecule has 2 aliphatic heterocycles. The van der Waals surface area contributed by atoms with Crippen molar-refractivity contribution in [1.29, 1.82) is 0 Å². The summed E-state index contributed by atoms with van der Waals surface area (Å²) in [6.45, 7) is 4.14. The number of hydrogen-bond donors (Lipinski definition) is 0. The molecule has 4 rings (SSSR count). The van der Waals surface area contributed by atoms with Crippen LogP contribution in [0.15, 0.2) is 18.2 Å². The zero-order chi connectivity index (χ0) is 16.8. The molecule has 1 aliphatic carbocycles. The molecule has 1 unspecified atom stereocenters. The smallest absolute Gasteiger partial charge is 0.154 e. The van der Waals surface area contributed by atoms with E-state index in [2.05, 4.69) is 11.8 Å². The maximum absolute atomic E-state index is 13.0. The molecule has 124 valence electrons. The van der Waals surface area contributed by atoms with E-state index in [4.69, 9.17) is 9.47 Å². The van der Waals surface area contributed by atoms with E-state index >= 15 is 0 Å². The summed E-state index contributed by atoms with van der Waals surface area (Å²) in [4.78, 5) is 25.9. The third kappa shape index (κ3) is 2.12. The van der Waals surface area contributed by atoms with Gasteiger partial charge in [0, 0.05) is 11.1 Å². The number of ketones is 2. The van der Waals surface area contributed by atoms with Gasteiger partial charge in [0.15, 0.2) is 11.6 Å². The van der Waals surface area contributed by atoms with Gasteiger partial charge < -0.3 is 9.47 Å². The zero-order valence-corrected chi connectivity index (χ0v) is 13.9. The second-order valence-corrected chi connectivity index (χ2v) is 6.64. The zero-order valence-electron chi connectivity index (χ0n) is 13.9. The number of hydrogen-bond acceptors (Lipinski definition) is 4. The highest BCUT2D eigenvalue weighted by molar-refractivity contribution is 6.17. The minimum atomic E-state index is -0.711. The van der Waals surface area contributed by atoms with Gasteiger partial charge in [0.25, 0.3) is 0 Å². The van der Waals surface area contributed by atoms with Crippen molar-refractivity contribution < 1.29 is 19.1 Å². The minimum Gasteiger partial charge on any atom is -0.494 e. The van der Waals surface area contributed by atoms with Gasteiger partial charge in [-0.2, -0.15) is 0 Å². The Bertz CT molecular complexity index is 742. The van der Waals surface area contributed by atoms with Crippen LogP contribution in [-0.2, 0) is 14.3 Å². The molecule has 0 amide bonds. The first-order valence-corrected chi connectivity index (χ1v) is 8.58. The normalized spacial score (nSPS) is 33.3. The monoisotopic (exact) mass is 324 g/mol. The van der Waals surface area contributed by atoms with Crippen molar-refractivity contribution in [3.8, 4) is 17.6 Å². The summed E-state index contributed by atoms with van der Waals surface area (Å²) < 4.78 is 11.5. The summed E-state index contributed by atoms with van der Waals surface area (Å²) >= 11 is 0. The minimum absolute atomic E-state index is 0.00692. The molecule has 2 bridgehead atoms. The summed E-state index contributed by atoms with van der Waals surface area (Å²) in [5.41, 5.74) is 1.51. The number of benzene rings is 1. The first-order chi connectivity index (χ1) is 11.7. The van der Waals surface area contributed by atoms with Crippen LogP contribution in [0.3, 0.4) is 0 Å². The van der Waals surface area contributed by atoms with Crippen LogP contribution in [0.1, 0.15) is 43.7 Å². The fourth-order valence-electron chi connectivity index (χ4n) is 4.51. The second kappa shape index (κ2) is 5.75. The van der Waals surface area contributed by atoms with E-state index in [-0.39, 0.29) is 35.6 Å². The SMILES string of the molecule is CC#Cc1ccc(C2C(=O)[C@@H]3[C@H](C2=O)[C@H]2CC[C@@H]3O2)c(OCC)c1. The van der Waals surface area contributed by atoms with Gasteiger partial charge in [-0.3, -0.25) is 9.59 Å². The molecule has 0 N–H and O–H groups in total. The summed E-state index contributed by atoms with van der Waals surface area (Å²) in [6, 6.07) is 5.51. The van der Waals surface area contributed by atoms with Crippen molar-refractivity contribution in [2.75, 3.05) is 6.61 Å². The van der Waals surface area contributed by atoms with Crippen molar-refractivity contribution in [3.63, 3.8) is 0 Å². The summed E-state index contributed by atoms with van der Waals surface area (Å²) in [5.74, 6) is 5.23. The Morgan fingerprint density at radius 2 is 1.83 bits per heavy atom. The molecule has 3 aliphatic rings. The van der Waals surface area contributed by atoms with Crippen molar-refractivity contribution in [3.05, 3.63) is 29.3 Å². The van der Waals surface area contributed by atoms with Crippen LogP contribution >= 0.6 is 0 Å². The van der Waals surface area contributed by atoms with E-state index in [0.717, 1.165) is 18.4 Å². The molecular formula is C20H20O4. The molecule has 4 heteroatoms. The van der Waals surface area contributed by atoms with Gasteiger partial charge in [0.2, 0.25) is 0 Å². The highest BCUT2D eigenvalue weighted by atomic mass is 16.5. The first-order valence-electron chi connectivity index (χ1n) is 8.58. The van der Waals surface area contributed by atoms with Gasteiger partial charge in [-0.05, 0) is 38.8 Å². The predicted molar refractivity (Wildman–Crippen MR) is 87.8 cm³/mol. The van der Waals surface area contributed by atoms with Crippen molar-refractivity contribution in [2.45, 2.75) is 44.8 Å². The summed E-state index contributed by atoms with van der Waals surface area (Å²) in [6.07, 6.45) is 1.64. The van der Waals surface area contributed by atoms with Crippen LogP contribution in [0, 0.1) is 23.7 Å². The fourth-order valence-corrected chi connectivity index (χ4v) is 4.51. The van der Waals surface area contributed by atoms with Crippen LogP contribution in [-0.4, -0.2) is 30.4 Å². The van der Waals surface area contributed by atoms with Gasteiger partial charge in [-0.25, -0.2) is 0 Å². The maximum atomic E-state index is 13.0. The van der Waals surface area contributed by atoms with Crippen LogP contribution in [0.5, 0.6) is 5.75 Å². The third-order valence-corrected chi connectivity index (χ3v) is 5.39. The molecule has 24 heavy (non-hydrogen) atoms. The molecule has 4 nitrogen and oxygen atoms in total. The first kappa shape index (κ1) is 15.4. The van der Waals surface area contributed by atoms with E-state index in [0.29, 0.717) is 17.9 Å². The number of carbonyl (C=O) groups is 2. The molecular weight excluding hydrogens is 304 g/mol. The average molecular weight is 324 g/mol. The lowest BCUT2D eigenvalue weighted by Gasteiger charge is -2.16. The highest BCUT2D eigenvalue weighted by Gasteiger charge is 2.63. The average Bonchev–Trinajstić information content (AvgIpc) is 3.24. The fraction of sp³-hybridized carbons (Fsp3) is 0.500.